The van der Waals surface area contributed by atoms with E-state index in [2.05, 4.69) is 41.4 Å². The number of nitrogens with zero attached hydrogens (tertiary/aromatic N) is 2. The van der Waals surface area contributed by atoms with Crippen molar-refractivity contribution >= 4 is 17.5 Å². The Labute approximate surface area is 189 Å². The Balaban J connectivity index is 1.41. The van der Waals surface area contributed by atoms with Crippen LogP contribution in [0.15, 0.2) is 84.9 Å². The monoisotopic (exact) mass is 427 g/mol. The van der Waals surface area contributed by atoms with Crippen molar-refractivity contribution in [3.05, 3.63) is 102 Å². The standard InChI is InChI=1S/C27H29N3O2/c1-21-9-8-14-24(19-21)29-15-17-30(18-16-29)26(31)20-25(22-10-4-2-5-11-22)28-27(32)23-12-6-3-7-13-23/h2-14,19,25H,15-18,20H2,1H3,(H,28,32). The number of amides is 2. The Hall–Kier alpha value is -3.60. The van der Waals surface area contributed by atoms with Crippen LogP contribution in [-0.2, 0) is 4.79 Å². The number of rotatable bonds is 6. The molecule has 0 spiro atoms. The van der Waals surface area contributed by atoms with E-state index in [-0.39, 0.29) is 24.3 Å². The van der Waals surface area contributed by atoms with E-state index in [0.29, 0.717) is 18.7 Å². The Bertz CT molecular complexity index is 1040. The molecule has 1 saturated heterocycles. The molecule has 1 heterocycles. The molecule has 1 unspecified atom stereocenters. The molecule has 1 atom stereocenters. The highest BCUT2D eigenvalue weighted by Gasteiger charge is 2.25. The first-order valence-corrected chi connectivity index (χ1v) is 11.1. The van der Waals surface area contributed by atoms with Crippen molar-refractivity contribution < 1.29 is 9.59 Å². The summed E-state index contributed by atoms with van der Waals surface area (Å²) in [6, 6.07) is 26.9. The van der Waals surface area contributed by atoms with Crippen molar-refractivity contribution in [2.45, 2.75) is 19.4 Å². The van der Waals surface area contributed by atoms with E-state index in [4.69, 9.17) is 0 Å². The summed E-state index contributed by atoms with van der Waals surface area (Å²) in [6.07, 6.45) is 0.243. The molecule has 2 amide bonds. The number of hydrogen-bond donors (Lipinski definition) is 1. The molecule has 3 aromatic carbocycles. The fraction of sp³-hybridized carbons (Fsp3) is 0.259. The molecule has 0 saturated carbocycles. The molecule has 0 bridgehead atoms. The molecule has 5 nitrogen and oxygen atoms in total. The van der Waals surface area contributed by atoms with Gasteiger partial charge >= 0.3 is 0 Å². The lowest BCUT2D eigenvalue weighted by atomic mass is 10.0. The highest BCUT2D eigenvalue weighted by Crippen LogP contribution is 2.21. The van der Waals surface area contributed by atoms with Crippen molar-refractivity contribution in [1.82, 2.24) is 10.2 Å². The van der Waals surface area contributed by atoms with Crippen molar-refractivity contribution in [3.63, 3.8) is 0 Å². The quantitative estimate of drug-likeness (QED) is 0.641. The van der Waals surface area contributed by atoms with Crippen LogP contribution in [0.5, 0.6) is 0 Å². The minimum atomic E-state index is -0.369. The van der Waals surface area contributed by atoms with Gasteiger partial charge in [0.05, 0.1) is 12.5 Å². The van der Waals surface area contributed by atoms with E-state index < -0.39 is 0 Å². The molecule has 164 valence electrons. The minimum absolute atomic E-state index is 0.0658. The lowest BCUT2D eigenvalue weighted by Crippen LogP contribution is -2.49. The zero-order chi connectivity index (χ0) is 22.3. The predicted molar refractivity (Wildman–Crippen MR) is 128 cm³/mol. The first-order valence-electron chi connectivity index (χ1n) is 11.1. The van der Waals surface area contributed by atoms with Gasteiger partial charge in [-0.15, -0.1) is 0 Å². The highest BCUT2D eigenvalue weighted by molar-refractivity contribution is 5.94. The van der Waals surface area contributed by atoms with E-state index >= 15 is 0 Å². The Kier molecular flexibility index (Phi) is 6.85. The Morgan fingerprint density at radius 2 is 1.50 bits per heavy atom. The molecule has 1 N–H and O–H groups in total. The average Bonchev–Trinajstić information content (AvgIpc) is 2.84. The average molecular weight is 428 g/mol. The molecule has 0 aliphatic carbocycles. The van der Waals surface area contributed by atoms with Crippen LogP contribution in [-0.4, -0.2) is 42.9 Å². The second-order valence-electron chi connectivity index (χ2n) is 8.21. The number of aryl methyl sites for hydroxylation is 1. The van der Waals surface area contributed by atoms with Gasteiger partial charge in [0.25, 0.3) is 5.91 Å². The fourth-order valence-corrected chi connectivity index (χ4v) is 4.11. The SMILES string of the molecule is Cc1cccc(N2CCN(C(=O)CC(NC(=O)c3ccccc3)c3ccccc3)CC2)c1. The maximum absolute atomic E-state index is 13.2. The molecular formula is C27H29N3O2. The Morgan fingerprint density at radius 3 is 2.16 bits per heavy atom. The van der Waals surface area contributed by atoms with E-state index in [1.54, 1.807) is 12.1 Å². The summed E-state index contributed by atoms with van der Waals surface area (Å²) in [6.45, 7) is 5.07. The molecule has 0 radical (unpaired) electrons. The largest absolute Gasteiger partial charge is 0.368 e. The van der Waals surface area contributed by atoms with Crippen LogP contribution in [0, 0.1) is 6.92 Å². The maximum atomic E-state index is 13.2. The van der Waals surface area contributed by atoms with Crippen molar-refractivity contribution in [3.8, 4) is 0 Å². The lowest BCUT2D eigenvalue weighted by Gasteiger charge is -2.37. The number of anilines is 1. The van der Waals surface area contributed by atoms with E-state index in [0.717, 1.165) is 18.7 Å². The summed E-state index contributed by atoms with van der Waals surface area (Å²) in [5.74, 6) is -0.104. The third-order valence-electron chi connectivity index (χ3n) is 5.92. The summed E-state index contributed by atoms with van der Waals surface area (Å²) >= 11 is 0. The van der Waals surface area contributed by atoms with E-state index in [1.807, 2.05) is 53.4 Å². The van der Waals surface area contributed by atoms with Gasteiger partial charge in [-0.2, -0.15) is 0 Å². The summed E-state index contributed by atoms with van der Waals surface area (Å²) in [4.78, 5) is 30.2. The van der Waals surface area contributed by atoms with Gasteiger partial charge in [0.2, 0.25) is 5.91 Å². The van der Waals surface area contributed by atoms with E-state index in [9.17, 15) is 9.59 Å². The van der Waals surface area contributed by atoms with Gasteiger partial charge in [-0.25, -0.2) is 0 Å². The van der Waals surface area contributed by atoms with Gasteiger partial charge in [0.15, 0.2) is 0 Å². The zero-order valence-electron chi connectivity index (χ0n) is 18.4. The van der Waals surface area contributed by atoms with Gasteiger partial charge in [0.1, 0.15) is 0 Å². The topological polar surface area (TPSA) is 52.6 Å². The van der Waals surface area contributed by atoms with Crippen LogP contribution in [0.3, 0.4) is 0 Å². The van der Waals surface area contributed by atoms with Crippen LogP contribution in [0.1, 0.15) is 33.9 Å². The minimum Gasteiger partial charge on any atom is -0.368 e. The van der Waals surface area contributed by atoms with Gasteiger partial charge < -0.3 is 15.1 Å². The third-order valence-corrected chi connectivity index (χ3v) is 5.92. The summed E-state index contributed by atoms with van der Waals surface area (Å²) in [5, 5.41) is 3.06. The second-order valence-corrected chi connectivity index (χ2v) is 8.21. The zero-order valence-corrected chi connectivity index (χ0v) is 18.4. The normalized spacial score (nSPS) is 14.7. The lowest BCUT2D eigenvalue weighted by molar-refractivity contribution is -0.132. The fourth-order valence-electron chi connectivity index (χ4n) is 4.11. The molecule has 4 rings (SSSR count). The number of nitrogens with one attached hydrogen (secondary N) is 1. The van der Waals surface area contributed by atoms with Gasteiger partial charge in [-0.3, -0.25) is 9.59 Å². The summed E-state index contributed by atoms with van der Waals surface area (Å²) in [7, 11) is 0. The first kappa shape index (κ1) is 21.6. The van der Waals surface area contributed by atoms with Crippen molar-refractivity contribution in [1.29, 1.82) is 0 Å². The summed E-state index contributed by atoms with van der Waals surface area (Å²) < 4.78 is 0. The van der Waals surface area contributed by atoms with Crippen molar-refractivity contribution in [2.75, 3.05) is 31.1 Å². The molecule has 0 aromatic heterocycles. The molecule has 32 heavy (non-hydrogen) atoms. The Morgan fingerprint density at radius 1 is 0.844 bits per heavy atom. The molecular weight excluding hydrogens is 398 g/mol. The predicted octanol–water partition coefficient (Wildman–Crippen LogP) is 4.21. The number of benzene rings is 3. The van der Waals surface area contributed by atoms with Gasteiger partial charge in [-0.1, -0.05) is 60.7 Å². The molecule has 3 aromatic rings. The van der Waals surface area contributed by atoms with Crippen molar-refractivity contribution in [2.24, 2.45) is 0 Å². The van der Waals surface area contributed by atoms with Crippen LogP contribution in [0.25, 0.3) is 0 Å². The number of hydrogen-bond acceptors (Lipinski definition) is 3. The first-order chi connectivity index (χ1) is 15.6. The second kappa shape index (κ2) is 10.1. The summed E-state index contributed by atoms with van der Waals surface area (Å²) in [5.41, 5.74) is 3.96. The number of piperazine rings is 1. The third kappa shape index (κ3) is 5.35. The van der Waals surface area contributed by atoms with Crippen LogP contribution < -0.4 is 10.2 Å². The smallest absolute Gasteiger partial charge is 0.251 e. The molecule has 1 aliphatic heterocycles. The molecule has 1 fully saturated rings. The number of carbonyl (C=O) groups is 2. The molecule has 5 heteroatoms. The molecule has 1 aliphatic rings. The maximum Gasteiger partial charge on any atom is 0.251 e. The van der Waals surface area contributed by atoms with Gasteiger partial charge in [0, 0.05) is 37.4 Å². The van der Waals surface area contributed by atoms with E-state index in [1.165, 1.54) is 11.3 Å². The van der Waals surface area contributed by atoms with Gasteiger partial charge in [-0.05, 0) is 42.3 Å². The van der Waals surface area contributed by atoms with Crippen LogP contribution in [0.2, 0.25) is 0 Å². The van der Waals surface area contributed by atoms with Crippen LogP contribution in [0.4, 0.5) is 5.69 Å². The highest BCUT2D eigenvalue weighted by atomic mass is 16.2. The number of carbonyl (C=O) groups excluding carboxylic acids is 2. The van der Waals surface area contributed by atoms with Crippen LogP contribution >= 0.6 is 0 Å².